The zero-order valence-corrected chi connectivity index (χ0v) is 17.7. The number of rotatable bonds is 8. The van der Waals surface area contributed by atoms with Crippen molar-refractivity contribution in [3.8, 4) is 5.75 Å². The van der Waals surface area contributed by atoms with Gasteiger partial charge < -0.3 is 10.1 Å². The Morgan fingerprint density at radius 1 is 1.10 bits per heavy atom. The molecule has 156 valence electrons. The Kier molecular flexibility index (Phi) is 6.92. The topological polar surface area (TPSA) is 75.7 Å². The molecule has 1 aliphatic heterocycles. The second kappa shape index (κ2) is 9.41. The van der Waals surface area contributed by atoms with Gasteiger partial charge in [-0.1, -0.05) is 32.0 Å². The zero-order chi connectivity index (χ0) is 20.9. The number of amides is 1. The number of carbonyl (C=O) groups excluding carboxylic acids is 1. The summed E-state index contributed by atoms with van der Waals surface area (Å²) >= 11 is 0. The normalized spacial score (nSPS) is 15.8. The van der Waals surface area contributed by atoms with Crippen molar-refractivity contribution in [1.29, 1.82) is 0 Å². The zero-order valence-electron chi connectivity index (χ0n) is 16.9. The Bertz CT molecular complexity index is 936. The van der Waals surface area contributed by atoms with Gasteiger partial charge in [-0.25, -0.2) is 8.42 Å². The molecule has 1 atom stereocenters. The smallest absolute Gasteiger partial charge is 0.262 e. The van der Waals surface area contributed by atoms with Crippen LogP contribution < -0.4 is 10.1 Å². The lowest BCUT2D eigenvalue weighted by atomic mass is 9.98. The second-order valence-corrected chi connectivity index (χ2v) is 9.26. The quantitative estimate of drug-likeness (QED) is 0.706. The average molecular weight is 417 g/mol. The van der Waals surface area contributed by atoms with Crippen LogP contribution >= 0.6 is 0 Å². The second-order valence-electron chi connectivity index (χ2n) is 7.32. The van der Waals surface area contributed by atoms with E-state index in [0.717, 1.165) is 24.8 Å². The van der Waals surface area contributed by atoms with Gasteiger partial charge in [-0.15, -0.1) is 0 Å². The highest BCUT2D eigenvalue weighted by Crippen LogP contribution is 2.28. The Morgan fingerprint density at radius 3 is 2.41 bits per heavy atom. The molecular formula is C22H28N2O4S. The Hall–Kier alpha value is -2.38. The SMILES string of the molecule is CC[C@@H](C)c1ccccc1OCC(=O)Nc1ccc(S(=O)(=O)N2CCCC2)cc1. The molecule has 0 bridgehead atoms. The first-order valence-electron chi connectivity index (χ1n) is 10.0. The number of hydrogen-bond donors (Lipinski definition) is 1. The molecular weight excluding hydrogens is 388 g/mol. The molecule has 0 aliphatic carbocycles. The molecule has 1 saturated heterocycles. The largest absolute Gasteiger partial charge is 0.483 e. The highest BCUT2D eigenvalue weighted by Gasteiger charge is 2.26. The summed E-state index contributed by atoms with van der Waals surface area (Å²) in [5, 5.41) is 2.75. The minimum absolute atomic E-state index is 0.110. The van der Waals surface area contributed by atoms with Crippen molar-refractivity contribution in [3.63, 3.8) is 0 Å². The third-order valence-electron chi connectivity index (χ3n) is 5.26. The van der Waals surface area contributed by atoms with E-state index in [0.29, 0.717) is 30.4 Å². The fraction of sp³-hybridized carbons (Fsp3) is 0.409. The Morgan fingerprint density at radius 2 is 1.76 bits per heavy atom. The van der Waals surface area contributed by atoms with Gasteiger partial charge in [0.2, 0.25) is 10.0 Å². The van der Waals surface area contributed by atoms with E-state index in [1.54, 1.807) is 12.1 Å². The minimum Gasteiger partial charge on any atom is -0.483 e. The van der Waals surface area contributed by atoms with Crippen molar-refractivity contribution in [2.75, 3.05) is 25.0 Å². The van der Waals surface area contributed by atoms with Gasteiger partial charge in [0.05, 0.1) is 4.90 Å². The highest BCUT2D eigenvalue weighted by molar-refractivity contribution is 7.89. The van der Waals surface area contributed by atoms with E-state index in [4.69, 9.17) is 4.74 Å². The summed E-state index contributed by atoms with van der Waals surface area (Å²) in [5.41, 5.74) is 1.62. The van der Waals surface area contributed by atoms with Gasteiger partial charge in [0, 0.05) is 18.8 Å². The molecule has 1 aliphatic rings. The van der Waals surface area contributed by atoms with Gasteiger partial charge >= 0.3 is 0 Å². The van der Waals surface area contributed by atoms with E-state index < -0.39 is 10.0 Å². The predicted octanol–water partition coefficient (Wildman–Crippen LogP) is 4.00. The third kappa shape index (κ3) is 5.16. The molecule has 0 radical (unpaired) electrons. The van der Waals surface area contributed by atoms with Crippen LogP contribution in [0, 0.1) is 0 Å². The highest BCUT2D eigenvalue weighted by atomic mass is 32.2. The average Bonchev–Trinajstić information content (AvgIpc) is 3.28. The molecule has 1 heterocycles. The van der Waals surface area contributed by atoms with Crippen LogP contribution in [0.15, 0.2) is 53.4 Å². The van der Waals surface area contributed by atoms with Crippen molar-refractivity contribution in [2.45, 2.75) is 43.9 Å². The number of nitrogens with zero attached hydrogens (tertiary/aromatic N) is 1. The summed E-state index contributed by atoms with van der Waals surface area (Å²) in [6.45, 7) is 5.26. The molecule has 7 heteroatoms. The molecule has 3 rings (SSSR count). The molecule has 1 amide bonds. The summed E-state index contributed by atoms with van der Waals surface area (Å²) in [6.07, 6.45) is 2.78. The van der Waals surface area contributed by atoms with Gasteiger partial charge in [-0.05, 0) is 61.1 Å². The van der Waals surface area contributed by atoms with E-state index in [9.17, 15) is 13.2 Å². The number of nitrogens with one attached hydrogen (secondary N) is 1. The number of sulfonamides is 1. The molecule has 1 N–H and O–H groups in total. The summed E-state index contributed by atoms with van der Waals surface area (Å²) in [4.78, 5) is 12.5. The lowest BCUT2D eigenvalue weighted by molar-refractivity contribution is -0.118. The van der Waals surface area contributed by atoms with Gasteiger partial charge in [-0.3, -0.25) is 4.79 Å². The van der Waals surface area contributed by atoms with E-state index in [1.165, 1.54) is 16.4 Å². The van der Waals surface area contributed by atoms with Gasteiger partial charge in [0.1, 0.15) is 5.75 Å². The number of para-hydroxylation sites is 1. The molecule has 2 aromatic rings. The molecule has 0 spiro atoms. The molecule has 0 unspecified atom stereocenters. The van der Waals surface area contributed by atoms with Crippen LogP contribution in [0.5, 0.6) is 5.75 Å². The van der Waals surface area contributed by atoms with Crippen LogP contribution in [-0.2, 0) is 14.8 Å². The molecule has 1 fully saturated rings. The van der Waals surface area contributed by atoms with E-state index in [-0.39, 0.29) is 17.4 Å². The number of benzene rings is 2. The van der Waals surface area contributed by atoms with Crippen LogP contribution in [0.3, 0.4) is 0 Å². The van der Waals surface area contributed by atoms with Crippen LogP contribution in [-0.4, -0.2) is 38.3 Å². The van der Waals surface area contributed by atoms with Gasteiger partial charge in [0.15, 0.2) is 6.61 Å². The summed E-state index contributed by atoms with van der Waals surface area (Å²) < 4.78 is 32.3. The Labute approximate surface area is 172 Å². The van der Waals surface area contributed by atoms with Crippen molar-refractivity contribution >= 4 is 21.6 Å². The first kappa shape index (κ1) is 21.3. The first-order valence-corrected chi connectivity index (χ1v) is 11.5. The molecule has 6 nitrogen and oxygen atoms in total. The number of ether oxygens (including phenoxy) is 1. The molecule has 2 aromatic carbocycles. The lowest BCUT2D eigenvalue weighted by Gasteiger charge is -2.16. The van der Waals surface area contributed by atoms with Crippen LogP contribution in [0.25, 0.3) is 0 Å². The maximum atomic E-state index is 12.6. The van der Waals surface area contributed by atoms with Crippen molar-refractivity contribution in [2.24, 2.45) is 0 Å². The number of hydrogen-bond acceptors (Lipinski definition) is 4. The standard InChI is InChI=1S/C22H28N2O4S/c1-3-17(2)20-8-4-5-9-21(20)28-16-22(25)23-18-10-12-19(13-11-18)29(26,27)24-14-6-7-15-24/h4-5,8-13,17H,3,6-7,14-16H2,1-2H3,(H,23,25)/t17-/m1/s1. The van der Waals surface area contributed by atoms with Crippen LogP contribution in [0.2, 0.25) is 0 Å². The molecule has 0 saturated carbocycles. The fourth-order valence-corrected chi connectivity index (χ4v) is 4.88. The summed E-state index contributed by atoms with van der Waals surface area (Å²) in [5.74, 6) is 0.766. The molecule has 29 heavy (non-hydrogen) atoms. The maximum absolute atomic E-state index is 12.6. The minimum atomic E-state index is -3.45. The lowest BCUT2D eigenvalue weighted by Crippen LogP contribution is -2.27. The van der Waals surface area contributed by atoms with Crippen molar-refractivity contribution in [3.05, 3.63) is 54.1 Å². The number of carbonyl (C=O) groups is 1. The van der Waals surface area contributed by atoms with E-state index in [2.05, 4.69) is 19.2 Å². The van der Waals surface area contributed by atoms with E-state index >= 15 is 0 Å². The monoisotopic (exact) mass is 416 g/mol. The summed E-state index contributed by atoms with van der Waals surface area (Å²) in [6, 6.07) is 14.0. The van der Waals surface area contributed by atoms with E-state index in [1.807, 2.05) is 24.3 Å². The Balaban J connectivity index is 1.59. The first-order chi connectivity index (χ1) is 13.9. The van der Waals surface area contributed by atoms with Crippen molar-refractivity contribution in [1.82, 2.24) is 4.31 Å². The fourth-order valence-electron chi connectivity index (χ4n) is 3.37. The van der Waals surface area contributed by atoms with Crippen LogP contribution in [0.1, 0.15) is 44.6 Å². The number of anilines is 1. The van der Waals surface area contributed by atoms with Crippen molar-refractivity contribution < 1.29 is 17.9 Å². The molecule has 0 aromatic heterocycles. The van der Waals surface area contributed by atoms with Gasteiger partial charge in [0.25, 0.3) is 5.91 Å². The third-order valence-corrected chi connectivity index (χ3v) is 7.17. The van der Waals surface area contributed by atoms with Gasteiger partial charge in [-0.2, -0.15) is 4.31 Å². The summed E-state index contributed by atoms with van der Waals surface area (Å²) in [7, 11) is -3.45. The maximum Gasteiger partial charge on any atom is 0.262 e. The predicted molar refractivity (Wildman–Crippen MR) is 114 cm³/mol. The van der Waals surface area contributed by atoms with Crippen LogP contribution in [0.4, 0.5) is 5.69 Å².